The second-order valence-corrected chi connectivity index (χ2v) is 6.15. The second-order valence-electron chi connectivity index (χ2n) is 6.15. The minimum absolute atomic E-state index is 0.0840. The number of hydrogen-bond acceptors (Lipinski definition) is 6. The van der Waals surface area contributed by atoms with Gasteiger partial charge in [0.1, 0.15) is 0 Å². The maximum Gasteiger partial charge on any atom is 0.311 e. The van der Waals surface area contributed by atoms with Gasteiger partial charge in [0.05, 0.1) is 30.0 Å². The van der Waals surface area contributed by atoms with E-state index in [2.05, 4.69) is 5.10 Å². The maximum atomic E-state index is 13.0. The van der Waals surface area contributed by atoms with Gasteiger partial charge in [-0.05, 0) is 42.8 Å². The van der Waals surface area contributed by atoms with Crippen LogP contribution in [-0.4, -0.2) is 31.0 Å². The zero-order valence-electron chi connectivity index (χ0n) is 15.3. The molecule has 4 rings (SSSR count). The zero-order chi connectivity index (χ0) is 19.5. The summed E-state index contributed by atoms with van der Waals surface area (Å²) in [4.78, 5) is 25.0. The summed E-state index contributed by atoms with van der Waals surface area (Å²) in [5.41, 5.74) is 2.09. The number of anilines is 1. The standard InChI is InChI=1S/C21H18N2O5/c1-2-26-20(24)12-17-16(10-14-8-9-18-19(11-14)28-13-27-18)21(25)23(22-17)15-6-4-3-5-7-15/h3-11H,2,12-13H2,1H3/b16-10-. The molecule has 2 aliphatic heterocycles. The van der Waals surface area contributed by atoms with Crippen LogP contribution in [0.3, 0.4) is 0 Å². The smallest absolute Gasteiger partial charge is 0.311 e. The minimum atomic E-state index is -0.430. The van der Waals surface area contributed by atoms with Crippen LogP contribution in [0, 0.1) is 0 Å². The average molecular weight is 378 g/mol. The molecule has 2 aromatic rings. The number of para-hydroxylation sites is 1. The van der Waals surface area contributed by atoms with E-state index in [9.17, 15) is 9.59 Å². The maximum absolute atomic E-state index is 13.0. The molecule has 0 bridgehead atoms. The van der Waals surface area contributed by atoms with Crippen LogP contribution < -0.4 is 14.5 Å². The molecule has 0 atom stereocenters. The zero-order valence-corrected chi connectivity index (χ0v) is 15.3. The van der Waals surface area contributed by atoms with Crippen molar-refractivity contribution in [3.8, 4) is 11.5 Å². The fourth-order valence-corrected chi connectivity index (χ4v) is 3.00. The van der Waals surface area contributed by atoms with Gasteiger partial charge in [0.2, 0.25) is 6.79 Å². The van der Waals surface area contributed by atoms with Crippen molar-refractivity contribution in [2.75, 3.05) is 18.4 Å². The van der Waals surface area contributed by atoms with E-state index < -0.39 is 5.97 Å². The quantitative estimate of drug-likeness (QED) is 0.590. The van der Waals surface area contributed by atoms with Gasteiger partial charge in [-0.1, -0.05) is 24.3 Å². The first-order valence-corrected chi connectivity index (χ1v) is 8.90. The topological polar surface area (TPSA) is 77.4 Å². The number of nitrogens with zero attached hydrogens (tertiary/aromatic N) is 2. The average Bonchev–Trinajstić information content (AvgIpc) is 3.28. The van der Waals surface area contributed by atoms with Crippen LogP contribution in [0.1, 0.15) is 18.9 Å². The SMILES string of the molecule is CCOC(=O)CC1=NN(c2ccccc2)C(=O)/C1=C\c1ccc2c(c1)OCO2. The molecule has 0 fully saturated rings. The lowest BCUT2D eigenvalue weighted by molar-refractivity contribution is -0.141. The van der Waals surface area contributed by atoms with E-state index in [0.717, 1.165) is 5.56 Å². The van der Waals surface area contributed by atoms with Crippen LogP contribution in [0.2, 0.25) is 0 Å². The molecule has 1 amide bonds. The van der Waals surface area contributed by atoms with Crippen molar-refractivity contribution in [1.29, 1.82) is 0 Å². The summed E-state index contributed by atoms with van der Waals surface area (Å²) >= 11 is 0. The van der Waals surface area contributed by atoms with Crippen molar-refractivity contribution in [3.63, 3.8) is 0 Å². The van der Waals surface area contributed by atoms with Gasteiger partial charge >= 0.3 is 5.97 Å². The Morgan fingerprint density at radius 3 is 2.75 bits per heavy atom. The fraction of sp³-hybridized carbons (Fsp3) is 0.190. The van der Waals surface area contributed by atoms with Crippen molar-refractivity contribution in [1.82, 2.24) is 0 Å². The van der Waals surface area contributed by atoms with Gasteiger partial charge < -0.3 is 14.2 Å². The third-order valence-electron chi connectivity index (χ3n) is 4.28. The molecule has 0 aromatic heterocycles. The number of benzene rings is 2. The van der Waals surface area contributed by atoms with E-state index in [0.29, 0.717) is 28.5 Å². The summed E-state index contributed by atoms with van der Waals surface area (Å²) in [6.45, 7) is 2.18. The number of ether oxygens (including phenoxy) is 3. The van der Waals surface area contributed by atoms with E-state index in [1.165, 1.54) is 5.01 Å². The van der Waals surface area contributed by atoms with Crippen LogP contribution in [0.5, 0.6) is 11.5 Å². The van der Waals surface area contributed by atoms with Crippen molar-refractivity contribution in [2.24, 2.45) is 5.10 Å². The number of rotatable bonds is 5. The third-order valence-corrected chi connectivity index (χ3v) is 4.28. The molecule has 0 unspecified atom stereocenters. The lowest BCUT2D eigenvalue weighted by atomic mass is 10.0. The summed E-state index contributed by atoms with van der Waals surface area (Å²) in [7, 11) is 0. The van der Waals surface area contributed by atoms with E-state index in [1.54, 1.807) is 37.3 Å². The molecular weight excluding hydrogens is 360 g/mol. The Morgan fingerprint density at radius 1 is 1.18 bits per heavy atom. The normalized spacial score (nSPS) is 16.5. The number of esters is 1. The van der Waals surface area contributed by atoms with E-state index in [4.69, 9.17) is 14.2 Å². The van der Waals surface area contributed by atoms with Gasteiger partial charge in [-0.3, -0.25) is 9.59 Å². The first kappa shape index (κ1) is 17.8. The summed E-state index contributed by atoms with van der Waals surface area (Å²) in [5.74, 6) is 0.540. The number of carbonyl (C=O) groups is 2. The predicted octanol–water partition coefficient (Wildman–Crippen LogP) is 3.15. The Hall–Kier alpha value is -3.61. The highest BCUT2D eigenvalue weighted by Gasteiger charge is 2.32. The Labute approximate surface area is 161 Å². The number of hydrazone groups is 1. The Bertz CT molecular complexity index is 982. The number of carbonyl (C=O) groups excluding carboxylic acids is 2. The number of amides is 1. The highest BCUT2D eigenvalue weighted by atomic mass is 16.7. The van der Waals surface area contributed by atoms with Crippen LogP contribution >= 0.6 is 0 Å². The molecule has 2 heterocycles. The molecule has 0 N–H and O–H groups in total. The van der Waals surface area contributed by atoms with E-state index >= 15 is 0 Å². The highest BCUT2D eigenvalue weighted by molar-refractivity contribution is 6.34. The van der Waals surface area contributed by atoms with Crippen LogP contribution in [0.4, 0.5) is 5.69 Å². The molecule has 7 heteroatoms. The lowest BCUT2D eigenvalue weighted by Gasteiger charge is -2.11. The molecule has 28 heavy (non-hydrogen) atoms. The monoisotopic (exact) mass is 378 g/mol. The molecule has 2 aromatic carbocycles. The molecule has 0 saturated carbocycles. The number of hydrogen-bond donors (Lipinski definition) is 0. The van der Waals surface area contributed by atoms with Gasteiger partial charge in [0, 0.05) is 0 Å². The van der Waals surface area contributed by atoms with Gasteiger partial charge in [0.25, 0.3) is 5.91 Å². The van der Waals surface area contributed by atoms with Crippen LogP contribution in [0.15, 0.2) is 59.2 Å². The molecule has 2 aliphatic rings. The molecule has 0 aliphatic carbocycles. The summed E-state index contributed by atoms with van der Waals surface area (Å²) in [6.07, 6.45) is 1.62. The van der Waals surface area contributed by atoms with Crippen molar-refractivity contribution < 1.29 is 23.8 Å². The summed E-state index contributed by atoms with van der Waals surface area (Å²) in [5, 5.41) is 5.69. The highest BCUT2D eigenvalue weighted by Crippen LogP contribution is 2.34. The molecule has 0 saturated heterocycles. The van der Waals surface area contributed by atoms with E-state index in [1.807, 2.05) is 24.3 Å². The fourth-order valence-electron chi connectivity index (χ4n) is 3.00. The van der Waals surface area contributed by atoms with Gasteiger partial charge in [-0.15, -0.1) is 0 Å². The van der Waals surface area contributed by atoms with Gasteiger partial charge in [-0.25, -0.2) is 0 Å². The first-order chi connectivity index (χ1) is 13.7. The van der Waals surface area contributed by atoms with Crippen LogP contribution in [0.25, 0.3) is 6.08 Å². The predicted molar refractivity (Wildman–Crippen MR) is 103 cm³/mol. The number of fused-ring (bicyclic) bond motifs is 1. The van der Waals surface area contributed by atoms with E-state index in [-0.39, 0.29) is 25.7 Å². The molecule has 0 spiro atoms. The van der Waals surface area contributed by atoms with Crippen molar-refractivity contribution >= 4 is 29.4 Å². The summed E-state index contributed by atoms with van der Waals surface area (Å²) in [6, 6.07) is 14.5. The summed E-state index contributed by atoms with van der Waals surface area (Å²) < 4.78 is 15.7. The molecule has 7 nitrogen and oxygen atoms in total. The molecule has 0 radical (unpaired) electrons. The Morgan fingerprint density at radius 2 is 1.96 bits per heavy atom. The van der Waals surface area contributed by atoms with Crippen molar-refractivity contribution in [3.05, 3.63) is 59.7 Å². The first-order valence-electron chi connectivity index (χ1n) is 8.90. The largest absolute Gasteiger partial charge is 0.466 e. The third kappa shape index (κ3) is 3.46. The van der Waals surface area contributed by atoms with Gasteiger partial charge in [-0.2, -0.15) is 10.1 Å². The van der Waals surface area contributed by atoms with Gasteiger partial charge in [0.15, 0.2) is 11.5 Å². The second kappa shape index (κ2) is 7.56. The van der Waals surface area contributed by atoms with Crippen molar-refractivity contribution in [2.45, 2.75) is 13.3 Å². The molecule has 142 valence electrons. The van der Waals surface area contributed by atoms with Crippen LogP contribution in [-0.2, 0) is 14.3 Å². The Balaban J connectivity index is 1.69. The lowest BCUT2D eigenvalue weighted by Crippen LogP contribution is -2.21. The Kier molecular flexibility index (Phi) is 4.80. The minimum Gasteiger partial charge on any atom is -0.466 e. The molecular formula is C21H18N2O5.